The summed E-state index contributed by atoms with van der Waals surface area (Å²) >= 11 is 0. The van der Waals surface area contributed by atoms with Gasteiger partial charge in [-0.3, -0.25) is 9.59 Å². The highest BCUT2D eigenvalue weighted by molar-refractivity contribution is 6.26. The van der Waals surface area contributed by atoms with E-state index in [1.807, 2.05) is 27.6 Å². The molecule has 3 rings (SSSR count). The van der Waals surface area contributed by atoms with Gasteiger partial charge in [-0.15, -0.1) is 0 Å². The molecule has 0 bridgehead atoms. The lowest BCUT2D eigenvalue weighted by Crippen LogP contribution is -2.40. The van der Waals surface area contributed by atoms with E-state index in [1.165, 1.54) is 0 Å². The Labute approximate surface area is 124 Å². The van der Waals surface area contributed by atoms with E-state index in [1.54, 1.807) is 12.1 Å². The van der Waals surface area contributed by atoms with Crippen molar-refractivity contribution in [3.63, 3.8) is 0 Å². The highest BCUT2D eigenvalue weighted by atomic mass is 16.1. The molecule has 0 atom stereocenters. The van der Waals surface area contributed by atoms with Crippen LogP contribution >= 0.6 is 0 Å². The van der Waals surface area contributed by atoms with Gasteiger partial charge in [0.15, 0.2) is 0 Å². The molecule has 0 N–H and O–H groups in total. The molecule has 1 aromatic heterocycles. The minimum absolute atomic E-state index is 0.0384. The van der Waals surface area contributed by atoms with Gasteiger partial charge < -0.3 is 0 Å². The fraction of sp³-hybridized carbons (Fsp3) is 0.353. The number of aromatic nitrogens is 2. The molecule has 2 aromatic rings. The predicted octanol–water partition coefficient (Wildman–Crippen LogP) is 2.37. The van der Waals surface area contributed by atoms with Crippen molar-refractivity contribution in [1.29, 1.82) is 0 Å². The summed E-state index contributed by atoms with van der Waals surface area (Å²) in [5.41, 5.74) is 2.14. The number of hydrogen-bond acceptors (Lipinski definition) is 2. The summed E-state index contributed by atoms with van der Waals surface area (Å²) in [6, 6.07) is 7.10. The molecule has 1 aliphatic carbocycles. The molecule has 4 heteroatoms. The third-order valence-electron chi connectivity index (χ3n) is 3.85. The van der Waals surface area contributed by atoms with Gasteiger partial charge in [-0.2, -0.15) is 0 Å². The summed E-state index contributed by atoms with van der Waals surface area (Å²) in [6.07, 6.45) is 3.77. The second-order valence-corrected chi connectivity index (χ2v) is 5.40. The molecule has 0 saturated heterocycles. The Morgan fingerprint density at radius 1 is 1.00 bits per heavy atom. The van der Waals surface area contributed by atoms with Crippen molar-refractivity contribution >= 4 is 11.6 Å². The van der Waals surface area contributed by atoms with Crippen molar-refractivity contribution < 1.29 is 14.2 Å². The number of imidazole rings is 1. The van der Waals surface area contributed by atoms with Crippen molar-refractivity contribution in [2.45, 2.75) is 39.8 Å². The van der Waals surface area contributed by atoms with Gasteiger partial charge in [0.05, 0.1) is 13.1 Å². The molecule has 0 aliphatic heterocycles. The highest BCUT2D eigenvalue weighted by Crippen LogP contribution is 2.25. The van der Waals surface area contributed by atoms with Crippen LogP contribution < -0.4 is 4.57 Å². The number of hydrogen-bond donors (Lipinski definition) is 0. The number of aryl methyl sites for hydroxylation is 2. The minimum Gasteiger partial charge on any atom is -0.284 e. The number of benzene rings is 1. The van der Waals surface area contributed by atoms with E-state index in [9.17, 15) is 9.59 Å². The van der Waals surface area contributed by atoms with Crippen LogP contribution in [-0.2, 0) is 13.1 Å². The molecule has 4 nitrogen and oxygen atoms in total. The molecule has 0 spiro atoms. The quantitative estimate of drug-likeness (QED) is 0.690. The standard InChI is InChI=1S/C17H19N2O2/c1-3-9-18-11-19(10-4-2)15-14(18)16(20)12-7-5-6-8-13(12)17(15)21/h5-8,11H,3-4,9-10H2,1-2H3/q+1. The van der Waals surface area contributed by atoms with Gasteiger partial charge in [0.1, 0.15) is 0 Å². The monoisotopic (exact) mass is 283 g/mol. The molecular weight excluding hydrogens is 264 g/mol. The molecule has 108 valence electrons. The Balaban J connectivity index is 2.24. The number of rotatable bonds is 4. The molecule has 1 aliphatic rings. The fourth-order valence-electron chi connectivity index (χ4n) is 2.99. The number of fused-ring (bicyclic) bond motifs is 2. The number of ketones is 2. The molecule has 0 amide bonds. The predicted molar refractivity (Wildman–Crippen MR) is 78.5 cm³/mol. The minimum atomic E-state index is -0.0384. The van der Waals surface area contributed by atoms with Crippen LogP contribution in [0.1, 0.15) is 58.8 Å². The maximum atomic E-state index is 12.8. The molecule has 0 unspecified atom stereocenters. The first-order valence-electron chi connectivity index (χ1n) is 7.50. The largest absolute Gasteiger partial charge is 0.284 e. The Hall–Kier alpha value is -2.23. The summed E-state index contributed by atoms with van der Waals surface area (Å²) in [6.45, 7) is 5.64. The normalized spacial score (nSPS) is 13.2. The third kappa shape index (κ3) is 2.02. The Kier molecular flexibility index (Phi) is 3.45. The first-order valence-corrected chi connectivity index (χ1v) is 7.50. The van der Waals surface area contributed by atoms with Crippen LogP contribution in [0.15, 0.2) is 30.6 Å². The Morgan fingerprint density at radius 2 is 1.67 bits per heavy atom. The van der Waals surface area contributed by atoms with Gasteiger partial charge in [0.25, 0.3) is 0 Å². The first kappa shape index (κ1) is 13.7. The third-order valence-corrected chi connectivity index (χ3v) is 3.85. The average molecular weight is 283 g/mol. The molecule has 0 radical (unpaired) electrons. The van der Waals surface area contributed by atoms with Gasteiger partial charge in [-0.25, -0.2) is 9.13 Å². The summed E-state index contributed by atoms with van der Waals surface area (Å²) in [7, 11) is 0. The highest BCUT2D eigenvalue weighted by Gasteiger charge is 2.40. The lowest BCUT2D eigenvalue weighted by atomic mass is 9.90. The van der Waals surface area contributed by atoms with E-state index in [2.05, 4.69) is 13.8 Å². The summed E-state index contributed by atoms with van der Waals surface area (Å²) in [5.74, 6) is -0.0768. The molecule has 1 aromatic carbocycles. The summed E-state index contributed by atoms with van der Waals surface area (Å²) in [4.78, 5) is 25.6. The first-order chi connectivity index (χ1) is 10.2. The SMILES string of the molecule is CCCn1c[n+](CCC)c2c1C(=O)c1ccccc1C2=O. The smallest absolute Gasteiger partial charge is 0.244 e. The van der Waals surface area contributed by atoms with E-state index in [0.29, 0.717) is 22.5 Å². The Morgan fingerprint density at radius 3 is 2.29 bits per heavy atom. The summed E-state index contributed by atoms with van der Waals surface area (Å²) in [5, 5.41) is 0. The van der Waals surface area contributed by atoms with Crippen LogP contribution in [0.5, 0.6) is 0 Å². The van der Waals surface area contributed by atoms with Crippen LogP contribution in [-0.4, -0.2) is 16.1 Å². The molecule has 1 heterocycles. The van der Waals surface area contributed by atoms with Crippen LogP contribution in [0.3, 0.4) is 0 Å². The second-order valence-electron chi connectivity index (χ2n) is 5.40. The number of carbonyl (C=O) groups excluding carboxylic acids is 2. The van der Waals surface area contributed by atoms with Gasteiger partial charge >= 0.3 is 0 Å². The van der Waals surface area contributed by atoms with Crippen LogP contribution in [0.25, 0.3) is 0 Å². The van der Waals surface area contributed by atoms with Crippen LogP contribution in [0, 0.1) is 0 Å². The maximum Gasteiger partial charge on any atom is 0.244 e. The summed E-state index contributed by atoms with van der Waals surface area (Å²) < 4.78 is 3.86. The van der Waals surface area contributed by atoms with Crippen LogP contribution in [0.4, 0.5) is 0 Å². The zero-order chi connectivity index (χ0) is 15.0. The molecule has 21 heavy (non-hydrogen) atoms. The van der Waals surface area contributed by atoms with E-state index in [-0.39, 0.29) is 11.6 Å². The lowest BCUT2D eigenvalue weighted by Gasteiger charge is -2.12. The van der Waals surface area contributed by atoms with E-state index in [0.717, 1.165) is 25.9 Å². The van der Waals surface area contributed by atoms with Crippen molar-refractivity contribution in [2.75, 3.05) is 0 Å². The zero-order valence-electron chi connectivity index (χ0n) is 12.4. The second kappa shape index (κ2) is 5.28. The Bertz CT molecular complexity index is 669. The average Bonchev–Trinajstić information content (AvgIpc) is 2.84. The van der Waals surface area contributed by atoms with E-state index in [4.69, 9.17) is 0 Å². The number of nitrogens with zero attached hydrogens (tertiary/aromatic N) is 2. The van der Waals surface area contributed by atoms with Crippen molar-refractivity contribution in [3.8, 4) is 0 Å². The maximum absolute atomic E-state index is 12.8. The molecule has 0 fully saturated rings. The zero-order valence-corrected chi connectivity index (χ0v) is 12.4. The fourth-order valence-corrected chi connectivity index (χ4v) is 2.99. The molecular formula is C17H19N2O2+. The van der Waals surface area contributed by atoms with E-state index >= 15 is 0 Å². The van der Waals surface area contributed by atoms with Gasteiger partial charge in [-0.1, -0.05) is 38.1 Å². The van der Waals surface area contributed by atoms with E-state index < -0.39 is 0 Å². The lowest BCUT2D eigenvalue weighted by molar-refractivity contribution is -0.698. The number of carbonyl (C=O) groups is 2. The van der Waals surface area contributed by atoms with Crippen molar-refractivity contribution in [1.82, 2.24) is 4.57 Å². The van der Waals surface area contributed by atoms with Crippen molar-refractivity contribution in [2.24, 2.45) is 0 Å². The van der Waals surface area contributed by atoms with Gasteiger partial charge in [0, 0.05) is 11.1 Å². The topological polar surface area (TPSA) is 43.0 Å². The molecule has 0 saturated carbocycles. The van der Waals surface area contributed by atoms with Crippen molar-refractivity contribution in [3.05, 3.63) is 53.1 Å². The van der Waals surface area contributed by atoms with Gasteiger partial charge in [-0.05, 0) is 12.8 Å². The van der Waals surface area contributed by atoms with Gasteiger partial charge in [0.2, 0.25) is 29.3 Å². The van der Waals surface area contributed by atoms with Crippen LogP contribution in [0.2, 0.25) is 0 Å².